The molecule has 122 valence electrons. The third-order valence-electron chi connectivity index (χ3n) is 2.87. The molecule has 0 fully saturated rings. The van der Waals surface area contributed by atoms with E-state index in [1.54, 1.807) is 6.92 Å². The van der Waals surface area contributed by atoms with E-state index in [1.807, 2.05) is 4.72 Å². The Kier molecular flexibility index (Phi) is 4.95. The number of ether oxygens (including phenoxy) is 1. The molecular weight excluding hydrogens is 328 g/mol. The van der Waals surface area contributed by atoms with Crippen LogP contribution in [0.3, 0.4) is 0 Å². The van der Waals surface area contributed by atoms with Gasteiger partial charge in [-0.15, -0.1) is 0 Å². The molecule has 0 atom stereocenters. The van der Waals surface area contributed by atoms with Gasteiger partial charge in [0.25, 0.3) is 10.0 Å². The van der Waals surface area contributed by atoms with Gasteiger partial charge in [-0.1, -0.05) is 6.07 Å². The lowest BCUT2D eigenvalue weighted by Gasteiger charge is -2.10. The number of hydrogen-bond donors (Lipinski definition) is 1. The fraction of sp³-hybridized carbons (Fsp3) is 0.133. The zero-order chi connectivity index (χ0) is 17.0. The predicted octanol–water partition coefficient (Wildman–Crippen LogP) is 2.94. The van der Waals surface area contributed by atoms with Crippen molar-refractivity contribution in [3.05, 3.63) is 59.7 Å². The number of carbonyl (C=O) groups excluding carboxylic acids is 1. The maximum absolute atomic E-state index is 13.5. The number of nitrogens with one attached hydrogen (secondary N) is 1. The monoisotopic (exact) mass is 341 g/mol. The molecule has 0 saturated carbocycles. The van der Waals surface area contributed by atoms with E-state index < -0.39 is 33.3 Å². The van der Waals surface area contributed by atoms with E-state index in [4.69, 9.17) is 4.74 Å². The lowest BCUT2D eigenvalue weighted by molar-refractivity contribution is 0.0526. The van der Waals surface area contributed by atoms with Crippen molar-refractivity contribution in [2.75, 3.05) is 11.3 Å². The highest BCUT2D eigenvalue weighted by Crippen LogP contribution is 2.22. The Balaban J connectivity index is 2.28. The highest BCUT2D eigenvalue weighted by molar-refractivity contribution is 7.92. The van der Waals surface area contributed by atoms with Gasteiger partial charge >= 0.3 is 5.97 Å². The van der Waals surface area contributed by atoms with Crippen molar-refractivity contribution in [2.45, 2.75) is 11.8 Å². The maximum Gasteiger partial charge on any atom is 0.338 e. The van der Waals surface area contributed by atoms with E-state index in [1.165, 1.54) is 12.1 Å². The summed E-state index contributed by atoms with van der Waals surface area (Å²) in [5, 5.41) is 0. The molecule has 2 aromatic carbocycles. The molecule has 0 aliphatic rings. The number of para-hydroxylation sites is 1. The lowest BCUT2D eigenvalue weighted by atomic mass is 10.2. The van der Waals surface area contributed by atoms with Crippen molar-refractivity contribution in [3.8, 4) is 0 Å². The third-order valence-corrected chi connectivity index (χ3v) is 4.24. The van der Waals surface area contributed by atoms with E-state index in [2.05, 4.69) is 0 Å². The minimum absolute atomic E-state index is 0.169. The van der Waals surface area contributed by atoms with Gasteiger partial charge in [-0.25, -0.2) is 22.0 Å². The summed E-state index contributed by atoms with van der Waals surface area (Å²) in [6.07, 6.45) is 0. The number of halogens is 2. The number of carbonyl (C=O) groups is 1. The number of rotatable bonds is 5. The fourth-order valence-corrected chi connectivity index (χ4v) is 2.85. The van der Waals surface area contributed by atoms with Gasteiger partial charge in [0.2, 0.25) is 0 Å². The molecule has 2 aromatic rings. The Morgan fingerprint density at radius 1 is 1.09 bits per heavy atom. The lowest BCUT2D eigenvalue weighted by Crippen LogP contribution is -2.15. The van der Waals surface area contributed by atoms with Crippen LogP contribution in [-0.2, 0) is 14.8 Å². The third kappa shape index (κ3) is 3.84. The first-order valence-electron chi connectivity index (χ1n) is 6.59. The number of anilines is 1. The molecule has 1 N–H and O–H groups in total. The van der Waals surface area contributed by atoms with Crippen LogP contribution in [0.15, 0.2) is 47.4 Å². The van der Waals surface area contributed by atoms with E-state index in [9.17, 15) is 22.0 Å². The zero-order valence-electron chi connectivity index (χ0n) is 12.0. The van der Waals surface area contributed by atoms with Gasteiger partial charge in [-0.2, -0.15) is 0 Å². The molecule has 5 nitrogen and oxygen atoms in total. The molecule has 2 rings (SSSR count). The van der Waals surface area contributed by atoms with E-state index >= 15 is 0 Å². The molecule has 0 saturated heterocycles. The fourth-order valence-electron chi connectivity index (χ4n) is 1.77. The molecule has 8 heteroatoms. The van der Waals surface area contributed by atoms with Crippen molar-refractivity contribution in [2.24, 2.45) is 0 Å². The van der Waals surface area contributed by atoms with E-state index in [0.29, 0.717) is 0 Å². The van der Waals surface area contributed by atoms with Crippen molar-refractivity contribution in [1.29, 1.82) is 0 Å². The number of hydrogen-bond acceptors (Lipinski definition) is 4. The number of sulfonamides is 1. The van der Waals surface area contributed by atoms with Crippen LogP contribution in [0, 0.1) is 11.6 Å². The minimum atomic E-state index is -4.20. The topological polar surface area (TPSA) is 72.5 Å². The number of benzene rings is 2. The molecule has 0 bridgehead atoms. The quantitative estimate of drug-likeness (QED) is 0.849. The maximum atomic E-state index is 13.5. The van der Waals surface area contributed by atoms with Crippen LogP contribution < -0.4 is 4.72 Å². The summed E-state index contributed by atoms with van der Waals surface area (Å²) in [5.74, 6) is -2.65. The zero-order valence-corrected chi connectivity index (χ0v) is 12.9. The van der Waals surface area contributed by atoms with E-state index in [0.717, 1.165) is 30.3 Å². The molecule has 0 amide bonds. The second-order valence-corrected chi connectivity index (χ2v) is 6.13. The van der Waals surface area contributed by atoms with Crippen LogP contribution in [0.25, 0.3) is 0 Å². The highest BCUT2D eigenvalue weighted by atomic mass is 32.2. The van der Waals surface area contributed by atoms with Crippen LogP contribution in [0.5, 0.6) is 0 Å². The molecular formula is C15H13F2NO4S. The Hall–Kier alpha value is -2.48. The minimum Gasteiger partial charge on any atom is -0.462 e. The van der Waals surface area contributed by atoms with Crippen molar-refractivity contribution in [1.82, 2.24) is 0 Å². The summed E-state index contributed by atoms with van der Waals surface area (Å²) in [6.45, 7) is 1.83. The SMILES string of the molecule is CCOC(=O)c1ccc(S(=O)(=O)Nc2c(F)cccc2F)cc1. The molecule has 0 unspecified atom stereocenters. The molecule has 0 aliphatic carbocycles. The predicted molar refractivity (Wildman–Crippen MR) is 79.6 cm³/mol. The highest BCUT2D eigenvalue weighted by Gasteiger charge is 2.19. The summed E-state index contributed by atoms with van der Waals surface area (Å²) in [6, 6.07) is 7.79. The Morgan fingerprint density at radius 3 is 2.17 bits per heavy atom. The van der Waals surface area contributed by atoms with Crippen LogP contribution >= 0.6 is 0 Å². The Labute approximate surface area is 132 Å². The Bertz CT molecular complexity index is 800. The van der Waals surface area contributed by atoms with Crippen molar-refractivity contribution < 1.29 is 26.7 Å². The molecule has 23 heavy (non-hydrogen) atoms. The first-order chi connectivity index (χ1) is 10.8. The van der Waals surface area contributed by atoms with Crippen molar-refractivity contribution in [3.63, 3.8) is 0 Å². The molecule has 0 aromatic heterocycles. The summed E-state index contributed by atoms with van der Waals surface area (Å²) >= 11 is 0. The van der Waals surface area contributed by atoms with Crippen LogP contribution in [0.4, 0.5) is 14.5 Å². The first kappa shape index (κ1) is 16.9. The number of esters is 1. The van der Waals surface area contributed by atoms with Crippen molar-refractivity contribution >= 4 is 21.7 Å². The molecule has 0 aliphatic heterocycles. The van der Waals surface area contributed by atoms with Gasteiger partial charge in [0.15, 0.2) is 0 Å². The van der Waals surface area contributed by atoms with Crippen LogP contribution in [0.1, 0.15) is 17.3 Å². The van der Waals surface area contributed by atoms with Gasteiger partial charge in [0, 0.05) is 0 Å². The van der Waals surface area contributed by atoms with Gasteiger partial charge < -0.3 is 4.74 Å². The van der Waals surface area contributed by atoms with Crippen LogP contribution in [0.2, 0.25) is 0 Å². The summed E-state index contributed by atoms with van der Waals surface area (Å²) in [4.78, 5) is 11.3. The van der Waals surface area contributed by atoms with Gasteiger partial charge in [-0.05, 0) is 43.3 Å². The average molecular weight is 341 g/mol. The second kappa shape index (κ2) is 6.74. The van der Waals surface area contributed by atoms with Crippen LogP contribution in [-0.4, -0.2) is 21.0 Å². The second-order valence-electron chi connectivity index (χ2n) is 4.45. The molecule has 0 spiro atoms. The van der Waals surface area contributed by atoms with Gasteiger partial charge in [0.05, 0.1) is 17.1 Å². The first-order valence-corrected chi connectivity index (χ1v) is 8.07. The average Bonchev–Trinajstić information content (AvgIpc) is 2.51. The molecule has 0 radical (unpaired) electrons. The standard InChI is InChI=1S/C15H13F2NO4S/c1-2-22-15(19)10-6-8-11(9-7-10)23(20,21)18-14-12(16)4-3-5-13(14)17/h3-9,18H,2H2,1H3. The van der Waals surface area contributed by atoms with Gasteiger partial charge in [0.1, 0.15) is 17.3 Å². The smallest absolute Gasteiger partial charge is 0.338 e. The van der Waals surface area contributed by atoms with Gasteiger partial charge in [-0.3, -0.25) is 4.72 Å². The normalized spacial score (nSPS) is 11.1. The van der Waals surface area contributed by atoms with E-state index in [-0.39, 0.29) is 17.1 Å². The summed E-state index contributed by atoms with van der Waals surface area (Å²) in [5.41, 5.74) is -0.593. The largest absolute Gasteiger partial charge is 0.462 e. The summed E-state index contributed by atoms with van der Waals surface area (Å²) < 4.78 is 58.0. The molecule has 0 heterocycles. The Morgan fingerprint density at radius 2 is 1.65 bits per heavy atom. The summed E-state index contributed by atoms with van der Waals surface area (Å²) in [7, 11) is -4.20.